The predicted octanol–water partition coefficient (Wildman–Crippen LogP) is 1.50. The van der Waals surface area contributed by atoms with E-state index in [1.807, 2.05) is 31.6 Å². The molecule has 1 atom stereocenters. The molecule has 0 bridgehead atoms. The Morgan fingerprint density at radius 1 is 1.43 bits per heavy atom. The van der Waals surface area contributed by atoms with Gasteiger partial charge in [0.05, 0.1) is 11.7 Å². The van der Waals surface area contributed by atoms with E-state index < -0.39 is 0 Å². The molecule has 1 N–H and O–H groups in total. The van der Waals surface area contributed by atoms with Gasteiger partial charge in [0.2, 0.25) is 0 Å². The topological polar surface area (TPSA) is 74.0 Å². The van der Waals surface area contributed by atoms with E-state index >= 15 is 0 Å². The van der Waals surface area contributed by atoms with E-state index in [9.17, 15) is 4.79 Å². The van der Waals surface area contributed by atoms with Crippen LogP contribution in [-0.4, -0.2) is 32.6 Å². The van der Waals surface area contributed by atoms with E-state index in [0.29, 0.717) is 12.4 Å². The number of ether oxygens (including phenoxy) is 1. The third kappa shape index (κ3) is 3.49. The van der Waals surface area contributed by atoms with E-state index in [1.165, 1.54) is 0 Å². The van der Waals surface area contributed by atoms with Crippen LogP contribution in [0.15, 0.2) is 18.5 Å². The summed E-state index contributed by atoms with van der Waals surface area (Å²) in [5.74, 6) is -0.207. The summed E-state index contributed by atoms with van der Waals surface area (Å²) in [6, 6.07) is 1.55. The number of aromatic nitrogens is 4. The van der Waals surface area contributed by atoms with E-state index in [0.717, 1.165) is 17.8 Å². The van der Waals surface area contributed by atoms with Crippen LogP contribution in [0.4, 0.5) is 0 Å². The monoisotopic (exact) mass is 291 g/mol. The molecular formula is C14H21N5O2. The number of rotatable bonds is 6. The van der Waals surface area contributed by atoms with Crippen LogP contribution >= 0.6 is 0 Å². The lowest BCUT2D eigenvalue weighted by Crippen LogP contribution is -2.27. The molecule has 0 aliphatic carbocycles. The SMILES string of the molecule is CCn1cc(C(C)NC(=O)c2ccn(COC)n2)c(C)n1. The smallest absolute Gasteiger partial charge is 0.272 e. The Bertz CT molecular complexity index is 617. The van der Waals surface area contributed by atoms with E-state index in [2.05, 4.69) is 15.5 Å². The van der Waals surface area contributed by atoms with Gasteiger partial charge in [-0.2, -0.15) is 10.2 Å². The minimum atomic E-state index is -0.207. The number of amides is 1. The summed E-state index contributed by atoms with van der Waals surface area (Å²) in [6.07, 6.45) is 3.67. The van der Waals surface area contributed by atoms with E-state index in [-0.39, 0.29) is 11.9 Å². The van der Waals surface area contributed by atoms with E-state index in [1.54, 1.807) is 24.1 Å². The first-order chi connectivity index (χ1) is 10.0. The number of nitrogens with one attached hydrogen (secondary N) is 1. The highest BCUT2D eigenvalue weighted by molar-refractivity contribution is 5.92. The standard InChI is InChI=1S/C14H21N5O2/c1-5-18-8-12(11(3)16-18)10(2)15-14(20)13-6-7-19(17-13)9-21-4/h6-8,10H,5,9H2,1-4H3,(H,15,20). The number of carbonyl (C=O) groups is 1. The molecule has 1 amide bonds. The van der Waals surface area contributed by atoms with Gasteiger partial charge in [-0.15, -0.1) is 0 Å². The molecule has 2 rings (SSSR count). The lowest BCUT2D eigenvalue weighted by molar-refractivity contribution is 0.0927. The van der Waals surface area contributed by atoms with Crippen LogP contribution in [0.3, 0.4) is 0 Å². The first-order valence-corrected chi connectivity index (χ1v) is 6.92. The van der Waals surface area contributed by atoms with Crippen molar-refractivity contribution in [3.63, 3.8) is 0 Å². The molecule has 0 radical (unpaired) electrons. The number of carbonyl (C=O) groups excluding carboxylic acids is 1. The maximum Gasteiger partial charge on any atom is 0.272 e. The molecule has 7 nitrogen and oxygen atoms in total. The van der Waals surface area contributed by atoms with Crippen molar-refractivity contribution in [1.82, 2.24) is 24.9 Å². The molecule has 21 heavy (non-hydrogen) atoms. The van der Waals surface area contributed by atoms with Crippen LogP contribution in [0.1, 0.15) is 41.6 Å². The molecule has 7 heteroatoms. The fourth-order valence-electron chi connectivity index (χ4n) is 2.16. The molecule has 0 aliphatic rings. The maximum atomic E-state index is 12.2. The third-order valence-corrected chi connectivity index (χ3v) is 3.26. The molecule has 0 saturated carbocycles. The third-order valence-electron chi connectivity index (χ3n) is 3.26. The first-order valence-electron chi connectivity index (χ1n) is 6.92. The highest BCUT2D eigenvalue weighted by atomic mass is 16.5. The van der Waals surface area contributed by atoms with Crippen LogP contribution < -0.4 is 5.32 Å². The second-order valence-corrected chi connectivity index (χ2v) is 4.88. The lowest BCUT2D eigenvalue weighted by atomic mass is 10.1. The average molecular weight is 291 g/mol. The van der Waals surface area contributed by atoms with Gasteiger partial charge >= 0.3 is 0 Å². The average Bonchev–Trinajstić information content (AvgIpc) is 3.05. The highest BCUT2D eigenvalue weighted by Crippen LogP contribution is 2.16. The zero-order chi connectivity index (χ0) is 15.4. The fraction of sp³-hybridized carbons (Fsp3) is 0.500. The molecule has 2 heterocycles. The van der Waals surface area contributed by atoms with Gasteiger partial charge in [0.1, 0.15) is 12.4 Å². The van der Waals surface area contributed by atoms with Crippen molar-refractivity contribution in [2.75, 3.05) is 7.11 Å². The summed E-state index contributed by atoms with van der Waals surface area (Å²) in [7, 11) is 1.58. The van der Waals surface area contributed by atoms with Gasteiger partial charge in [0.25, 0.3) is 5.91 Å². The Hall–Kier alpha value is -2.15. The molecule has 0 aromatic carbocycles. The van der Waals surface area contributed by atoms with Crippen LogP contribution in [0.2, 0.25) is 0 Å². The van der Waals surface area contributed by atoms with Gasteiger partial charge in [0, 0.05) is 31.6 Å². The quantitative estimate of drug-likeness (QED) is 0.875. The molecule has 0 spiro atoms. The Balaban J connectivity index is 2.05. The second kappa shape index (κ2) is 6.53. The number of nitrogens with zero attached hydrogens (tertiary/aromatic N) is 4. The van der Waals surface area contributed by atoms with Crippen molar-refractivity contribution >= 4 is 5.91 Å². The predicted molar refractivity (Wildman–Crippen MR) is 77.8 cm³/mol. The van der Waals surface area contributed by atoms with Gasteiger partial charge in [-0.25, -0.2) is 4.68 Å². The summed E-state index contributed by atoms with van der Waals surface area (Å²) >= 11 is 0. The van der Waals surface area contributed by atoms with Crippen LogP contribution in [0.5, 0.6) is 0 Å². The Labute approximate surface area is 123 Å². The summed E-state index contributed by atoms with van der Waals surface area (Å²) in [5.41, 5.74) is 2.32. The number of hydrogen-bond donors (Lipinski definition) is 1. The maximum absolute atomic E-state index is 12.2. The van der Waals surface area contributed by atoms with Crippen molar-refractivity contribution in [3.05, 3.63) is 35.4 Å². The van der Waals surface area contributed by atoms with Crippen LogP contribution in [0.25, 0.3) is 0 Å². The summed E-state index contributed by atoms with van der Waals surface area (Å²) in [4.78, 5) is 12.2. The number of hydrogen-bond acceptors (Lipinski definition) is 4. The van der Waals surface area contributed by atoms with Gasteiger partial charge < -0.3 is 10.1 Å². The molecule has 1 unspecified atom stereocenters. The molecular weight excluding hydrogens is 270 g/mol. The summed E-state index contributed by atoms with van der Waals surface area (Å²) < 4.78 is 8.39. The zero-order valence-electron chi connectivity index (χ0n) is 12.8. The largest absolute Gasteiger partial charge is 0.362 e. The molecule has 2 aromatic rings. The summed E-state index contributed by atoms with van der Waals surface area (Å²) in [6.45, 7) is 7.04. The van der Waals surface area contributed by atoms with Gasteiger partial charge in [-0.05, 0) is 26.8 Å². The molecule has 2 aromatic heterocycles. The minimum Gasteiger partial charge on any atom is -0.362 e. The second-order valence-electron chi connectivity index (χ2n) is 4.88. The van der Waals surface area contributed by atoms with Crippen molar-refractivity contribution in [2.45, 2.75) is 40.1 Å². The Morgan fingerprint density at radius 3 is 2.81 bits per heavy atom. The zero-order valence-corrected chi connectivity index (χ0v) is 12.8. The van der Waals surface area contributed by atoms with Crippen molar-refractivity contribution in [1.29, 1.82) is 0 Å². The molecule has 0 aliphatic heterocycles. The Morgan fingerprint density at radius 2 is 2.19 bits per heavy atom. The normalized spacial score (nSPS) is 12.4. The molecule has 0 saturated heterocycles. The molecule has 114 valence electrons. The highest BCUT2D eigenvalue weighted by Gasteiger charge is 2.17. The van der Waals surface area contributed by atoms with Gasteiger partial charge in [-0.3, -0.25) is 9.48 Å². The number of methoxy groups -OCH3 is 1. The van der Waals surface area contributed by atoms with E-state index in [4.69, 9.17) is 4.74 Å². The lowest BCUT2D eigenvalue weighted by Gasteiger charge is -2.12. The van der Waals surface area contributed by atoms with Gasteiger partial charge in [0.15, 0.2) is 0 Å². The van der Waals surface area contributed by atoms with Crippen molar-refractivity contribution in [3.8, 4) is 0 Å². The fourth-order valence-corrected chi connectivity index (χ4v) is 2.16. The van der Waals surface area contributed by atoms with Crippen molar-refractivity contribution in [2.24, 2.45) is 0 Å². The first kappa shape index (κ1) is 15.2. The summed E-state index contributed by atoms with van der Waals surface area (Å²) in [5, 5.41) is 11.5. The van der Waals surface area contributed by atoms with Crippen molar-refractivity contribution < 1.29 is 9.53 Å². The van der Waals surface area contributed by atoms with Gasteiger partial charge in [-0.1, -0.05) is 0 Å². The van der Waals surface area contributed by atoms with Crippen LogP contribution in [-0.2, 0) is 18.0 Å². The molecule has 0 fully saturated rings. The minimum absolute atomic E-state index is 0.120. The van der Waals surface area contributed by atoms with Crippen LogP contribution in [0, 0.1) is 6.92 Å². The Kier molecular flexibility index (Phi) is 4.74. The number of aryl methyl sites for hydroxylation is 2.